The van der Waals surface area contributed by atoms with Crippen molar-refractivity contribution in [3.05, 3.63) is 182 Å². The van der Waals surface area contributed by atoms with Crippen LogP contribution in [0.15, 0.2) is 182 Å². The lowest BCUT2D eigenvalue weighted by atomic mass is 9.88. The summed E-state index contributed by atoms with van der Waals surface area (Å²) in [5, 5.41) is 3.58. The summed E-state index contributed by atoms with van der Waals surface area (Å²) in [4.78, 5) is 19.3. The van der Waals surface area contributed by atoms with Crippen LogP contribution in [0.3, 0.4) is 0 Å². The average Bonchev–Trinajstić information content (AvgIpc) is 3.21. The van der Waals surface area contributed by atoms with Gasteiger partial charge in [0.2, 0.25) is 0 Å². The Kier molecular flexibility index (Phi) is 7.45. The lowest BCUT2D eigenvalue weighted by Crippen LogP contribution is -2.00. The van der Waals surface area contributed by atoms with Gasteiger partial charge in [-0.3, -0.25) is 4.98 Å². The van der Waals surface area contributed by atoms with Gasteiger partial charge in [-0.1, -0.05) is 164 Å². The second-order valence-corrected chi connectivity index (χ2v) is 12.3. The van der Waals surface area contributed by atoms with Gasteiger partial charge in [-0.2, -0.15) is 0 Å². The molecular weight excluding hydrogens is 609 g/mol. The smallest absolute Gasteiger partial charge is 0.164 e. The van der Waals surface area contributed by atoms with Crippen molar-refractivity contribution >= 4 is 21.7 Å². The fraction of sp³-hybridized carbons (Fsp3) is 0. The van der Waals surface area contributed by atoms with E-state index < -0.39 is 0 Å². The molecule has 7 aromatic carbocycles. The minimum absolute atomic E-state index is 0.641. The second kappa shape index (κ2) is 12.7. The fourth-order valence-corrected chi connectivity index (χ4v) is 6.72. The van der Waals surface area contributed by atoms with Gasteiger partial charge in [0.1, 0.15) is 0 Å². The molecule has 50 heavy (non-hydrogen) atoms. The summed E-state index contributed by atoms with van der Waals surface area (Å²) in [5.74, 6) is 1.94. The Morgan fingerprint density at radius 2 is 0.780 bits per heavy atom. The molecule has 0 spiro atoms. The molecule has 0 aliphatic rings. The molecule has 0 amide bonds. The highest BCUT2D eigenvalue weighted by Crippen LogP contribution is 2.40. The molecule has 9 aromatic rings. The van der Waals surface area contributed by atoms with Crippen molar-refractivity contribution in [1.82, 2.24) is 19.9 Å². The van der Waals surface area contributed by atoms with Crippen LogP contribution in [0.1, 0.15) is 0 Å². The molecule has 0 atom stereocenters. The maximum atomic E-state index is 4.93. The molecule has 234 valence electrons. The number of benzene rings is 7. The average molecular weight is 639 g/mol. The van der Waals surface area contributed by atoms with E-state index in [9.17, 15) is 0 Å². The topological polar surface area (TPSA) is 51.6 Å². The third kappa shape index (κ3) is 5.49. The van der Waals surface area contributed by atoms with E-state index in [-0.39, 0.29) is 0 Å². The number of aromatic nitrogens is 4. The first-order valence-corrected chi connectivity index (χ1v) is 16.7. The van der Waals surface area contributed by atoms with Gasteiger partial charge in [-0.15, -0.1) is 0 Å². The van der Waals surface area contributed by atoms with E-state index >= 15 is 0 Å². The van der Waals surface area contributed by atoms with Crippen molar-refractivity contribution in [1.29, 1.82) is 0 Å². The second-order valence-electron chi connectivity index (χ2n) is 12.3. The summed E-state index contributed by atoms with van der Waals surface area (Å²) < 4.78 is 0. The van der Waals surface area contributed by atoms with E-state index in [2.05, 4.69) is 114 Å². The van der Waals surface area contributed by atoms with Crippen LogP contribution in [0.4, 0.5) is 0 Å². The first-order valence-electron chi connectivity index (χ1n) is 16.7. The minimum Gasteiger partial charge on any atom is -0.256 e. The molecule has 0 fully saturated rings. The van der Waals surface area contributed by atoms with Crippen LogP contribution in [0.25, 0.3) is 89.2 Å². The van der Waals surface area contributed by atoms with Gasteiger partial charge in [-0.25, -0.2) is 15.0 Å². The number of nitrogens with zero attached hydrogens (tertiary/aromatic N) is 4. The molecule has 2 heterocycles. The third-order valence-corrected chi connectivity index (χ3v) is 9.22. The van der Waals surface area contributed by atoms with E-state index in [0.717, 1.165) is 33.2 Å². The van der Waals surface area contributed by atoms with Crippen molar-refractivity contribution in [2.75, 3.05) is 0 Å². The Labute approximate surface area is 290 Å². The summed E-state index contributed by atoms with van der Waals surface area (Å²) in [6, 6.07) is 61.1. The molecule has 0 bridgehead atoms. The molecule has 2 aromatic heterocycles. The van der Waals surface area contributed by atoms with Gasteiger partial charge in [0.15, 0.2) is 17.5 Å². The van der Waals surface area contributed by atoms with Crippen LogP contribution in [0, 0.1) is 0 Å². The van der Waals surface area contributed by atoms with Gasteiger partial charge in [0, 0.05) is 28.3 Å². The van der Waals surface area contributed by atoms with Crippen LogP contribution in [0.5, 0.6) is 0 Å². The first-order chi connectivity index (χ1) is 24.8. The van der Waals surface area contributed by atoms with Crippen molar-refractivity contribution in [3.63, 3.8) is 0 Å². The molecule has 0 saturated carbocycles. The summed E-state index contributed by atoms with van der Waals surface area (Å²) in [5.41, 5.74) is 10.9. The Bertz CT molecular complexity index is 2550. The predicted octanol–water partition coefficient (Wildman–Crippen LogP) is 11.6. The van der Waals surface area contributed by atoms with E-state index in [1.54, 1.807) is 0 Å². The van der Waals surface area contributed by atoms with Crippen LogP contribution in [-0.2, 0) is 0 Å². The van der Waals surface area contributed by atoms with Gasteiger partial charge in [-0.05, 0) is 56.3 Å². The van der Waals surface area contributed by atoms with Crippen LogP contribution in [0.2, 0.25) is 0 Å². The number of hydrogen-bond donors (Lipinski definition) is 0. The zero-order valence-corrected chi connectivity index (χ0v) is 27.1. The van der Waals surface area contributed by atoms with E-state index in [1.165, 1.54) is 38.6 Å². The predicted molar refractivity (Wildman–Crippen MR) is 205 cm³/mol. The normalized spacial score (nSPS) is 11.2. The van der Waals surface area contributed by atoms with Crippen LogP contribution >= 0.6 is 0 Å². The Balaban J connectivity index is 1.13. The quantitative estimate of drug-likeness (QED) is 0.182. The highest BCUT2D eigenvalue weighted by atomic mass is 15.0. The monoisotopic (exact) mass is 638 g/mol. The molecule has 4 heteroatoms. The van der Waals surface area contributed by atoms with Crippen LogP contribution in [-0.4, -0.2) is 19.9 Å². The highest BCUT2D eigenvalue weighted by molar-refractivity contribution is 6.04. The lowest BCUT2D eigenvalue weighted by Gasteiger charge is -2.15. The summed E-state index contributed by atoms with van der Waals surface area (Å²) in [7, 11) is 0. The maximum absolute atomic E-state index is 4.93. The zero-order chi connectivity index (χ0) is 33.3. The van der Waals surface area contributed by atoms with Gasteiger partial charge in [0.05, 0.1) is 5.52 Å². The fourth-order valence-electron chi connectivity index (χ4n) is 6.72. The number of pyridine rings is 1. The number of para-hydroxylation sites is 1. The number of fused-ring (bicyclic) bond motifs is 2. The van der Waals surface area contributed by atoms with Crippen molar-refractivity contribution in [3.8, 4) is 67.5 Å². The number of hydrogen-bond acceptors (Lipinski definition) is 4. The molecule has 4 nitrogen and oxygen atoms in total. The van der Waals surface area contributed by atoms with E-state index in [0.29, 0.717) is 17.5 Å². The molecule has 0 N–H and O–H groups in total. The zero-order valence-electron chi connectivity index (χ0n) is 27.1. The standard InChI is InChI=1S/C46H30N4/c1-3-12-35(13-4-1)44-48-45(36-14-5-2-6-15-36)50-46(49-44)37-25-21-33(22-26-37)40-28-27-31-11-7-8-16-39(31)43(40)34-23-19-32(20-24-34)38-29-30-47-42-18-10-9-17-41(38)42/h1-30H. The van der Waals surface area contributed by atoms with Crippen LogP contribution < -0.4 is 0 Å². The third-order valence-electron chi connectivity index (χ3n) is 9.22. The van der Waals surface area contributed by atoms with E-state index in [4.69, 9.17) is 15.0 Å². The molecule has 0 aliphatic heterocycles. The summed E-state index contributed by atoms with van der Waals surface area (Å²) >= 11 is 0. The van der Waals surface area contributed by atoms with Crippen molar-refractivity contribution in [2.24, 2.45) is 0 Å². The van der Waals surface area contributed by atoms with E-state index in [1.807, 2.05) is 72.9 Å². The Morgan fingerprint density at radius 3 is 1.42 bits per heavy atom. The number of rotatable bonds is 6. The molecule has 9 rings (SSSR count). The Hall–Kier alpha value is -6.78. The minimum atomic E-state index is 0.641. The largest absolute Gasteiger partial charge is 0.256 e. The summed E-state index contributed by atoms with van der Waals surface area (Å²) in [6.07, 6.45) is 1.89. The SMILES string of the molecule is c1ccc(-c2nc(-c3ccccc3)nc(-c3ccc(-c4ccc5ccccc5c4-c4ccc(-c5ccnc6ccccc56)cc4)cc3)n2)cc1. The molecule has 0 unspecified atom stereocenters. The van der Waals surface area contributed by atoms with Gasteiger partial charge in [0.25, 0.3) is 0 Å². The summed E-state index contributed by atoms with van der Waals surface area (Å²) in [6.45, 7) is 0. The van der Waals surface area contributed by atoms with Gasteiger partial charge >= 0.3 is 0 Å². The molecular formula is C46H30N4. The van der Waals surface area contributed by atoms with Gasteiger partial charge < -0.3 is 0 Å². The highest BCUT2D eigenvalue weighted by Gasteiger charge is 2.15. The van der Waals surface area contributed by atoms with Crippen molar-refractivity contribution in [2.45, 2.75) is 0 Å². The van der Waals surface area contributed by atoms with Crippen molar-refractivity contribution < 1.29 is 0 Å². The first kappa shape index (κ1) is 29.4. The molecule has 0 saturated heterocycles. The lowest BCUT2D eigenvalue weighted by molar-refractivity contribution is 1.07. The molecule has 0 aliphatic carbocycles. The Morgan fingerprint density at radius 1 is 0.300 bits per heavy atom. The maximum Gasteiger partial charge on any atom is 0.164 e. The molecule has 0 radical (unpaired) electrons.